The molecule has 0 aliphatic rings. The van der Waals surface area contributed by atoms with E-state index in [9.17, 15) is 9.59 Å². The van der Waals surface area contributed by atoms with E-state index in [0.717, 1.165) is 5.56 Å². The third-order valence-corrected chi connectivity index (χ3v) is 3.83. The van der Waals surface area contributed by atoms with Crippen LogP contribution in [0.2, 0.25) is 0 Å². The Balaban J connectivity index is 1.54. The summed E-state index contributed by atoms with van der Waals surface area (Å²) in [5.41, 5.74) is 0.643. The lowest BCUT2D eigenvalue weighted by molar-refractivity contribution is -0.123. The van der Waals surface area contributed by atoms with Gasteiger partial charge in [0.15, 0.2) is 12.4 Å². The first-order valence-corrected chi connectivity index (χ1v) is 8.29. The number of benzene rings is 2. The minimum atomic E-state index is -0.249. The summed E-state index contributed by atoms with van der Waals surface area (Å²) in [5.74, 6) is 0.978. The second-order valence-electron chi connectivity index (χ2n) is 5.71. The van der Waals surface area contributed by atoms with Crippen LogP contribution in [0.4, 0.5) is 0 Å². The summed E-state index contributed by atoms with van der Waals surface area (Å²) in [4.78, 5) is 24.1. The van der Waals surface area contributed by atoms with Crippen LogP contribution in [0, 0.1) is 0 Å². The number of hydrogen-bond acceptors (Lipinski definition) is 4. The zero-order chi connectivity index (χ0) is 18.4. The van der Waals surface area contributed by atoms with Crippen molar-refractivity contribution in [2.75, 3.05) is 13.2 Å². The predicted octanol–water partition coefficient (Wildman–Crippen LogP) is 1.44. The predicted molar refractivity (Wildman–Crippen MR) is 97.9 cm³/mol. The zero-order valence-electron chi connectivity index (χ0n) is 14.5. The monoisotopic (exact) mass is 352 g/mol. The van der Waals surface area contributed by atoms with E-state index in [0.29, 0.717) is 18.1 Å². The number of amides is 1. The average molecular weight is 352 g/mol. The number of para-hydroxylation sites is 1. The Morgan fingerprint density at radius 3 is 2.42 bits per heavy atom. The molecule has 2 aromatic carbocycles. The van der Waals surface area contributed by atoms with Crippen LogP contribution in [0.25, 0.3) is 11.4 Å². The minimum absolute atomic E-state index is 0.0730. The zero-order valence-corrected chi connectivity index (χ0v) is 14.5. The second kappa shape index (κ2) is 8.15. The third-order valence-electron chi connectivity index (χ3n) is 3.83. The highest BCUT2D eigenvalue weighted by Crippen LogP contribution is 2.13. The van der Waals surface area contributed by atoms with Crippen LogP contribution in [0.5, 0.6) is 5.75 Å². The van der Waals surface area contributed by atoms with E-state index in [1.165, 1.54) is 9.25 Å². The average Bonchev–Trinajstić information content (AvgIpc) is 2.96. The lowest BCUT2D eigenvalue weighted by Crippen LogP contribution is -2.34. The number of rotatable bonds is 7. The molecule has 1 aromatic heterocycles. The number of ether oxygens (including phenoxy) is 1. The van der Waals surface area contributed by atoms with Crippen LogP contribution in [0.15, 0.2) is 65.5 Å². The largest absolute Gasteiger partial charge is 0.484 e. The maximum Gasteiger partial charge on any atom is 0.345 e. The van der Waals surface area contributed by atoms with E-state index in [1.54, 1.807) is 19.2 Å². The van der Waals surface area contributed by atoms with Gasteiger partial charge in [-0.25, -0.2) is 9.48 Å². The molecule has 7 nitrogen and oxygen atoms in total. The highest BCUT2D eigenvalue weighted by atomic mass is 16.5. The molecule has 0 saturated heterocycles. The number of aromatic nitrogens is 3. The van der Waals surface area contributed by atoms with E-state index < -0.39 is 0 Å². The summed E-state index contributed by atoms with van der Waals surface area (Å²) in [6.07, 6.45) is 0. The number of hydrogen-bond donors (Lipinski definition) is 1. The molecule has 1 heterocycles. The van der Waals surface area contributed by atoms with Gasteiger partial charge in [0.05, 0.1) is 6.54 Å². The fourth-order valence-electron chi connectivity index (χ4n) is 2.49. The van der Waals surface area contributed by atoms with Gasteiger partial charge in [-0.15, -0.1) is 5.10 Å². The van der Waals surface area contributed by atoms with Gasteiger partial charge in [0.2, 0.25) is 0 Å². The lowest BCUT2D eigenvalue weighted by atomic mass is 10.2. The summed E-state index contributed by atoms with van der Waals surface area (Å²) in [6, 6.07) is 18.6. The molecule has 0 fully saturated rings. The van der Waals surface area contributed by atoms with Crippen molar-refractivity contribution in [1.82, 2.24) is 19.7 Å². The van der Waals surface area contributed by atoms with Crippen molar-refractivity contribution in [2.24, 2.45) is 7.05 Å². The maximum atomic E-state index is 12.3. The molecular weight excluding hydrogens is 332 g/mol. The van der Waals surface area contributed by atoms with Crippen molar-refractivity contribution >= 4 is 5.91 Å². The molecule has 0 saturated carbocycles. The molecule has 1 amide bonds. The summed E-state index contributed by atoms with van der Waals surface area (Å²) in [5, 5.41) is 7.08. The molecular formula is C19H20N4O3. The van der Waals surface area contributed by atoms with E-state index in [1.807, 2.05) is 48.5 Å². The highest BCUT2D eigenvalue weighted by Gasteiger charge is 2.12. The molecule has 26 heavy (non-hydrogen) atoms. The Bertz CT molecular complexity index is 917. The van der Waals surface area contributed by atoms with Crippen molar-refractivity contribution in [3.63, 3.8) is 0 Å². The molecule has 0 aliphatic heterocycles. The molecule has 0 aliphatic carbocycles. The van der Waals surface area contributed by atoms with Crippen molar-refractivity contribution in [2.45, 2.75) is 6.54 Å². The quantitative estimate of drug-likeness (QED) is 0.698. The molecule has 134 valence electrons. The highest BCUT2D eigenvalue weighted by molar-refractivity contribution is 5.77. The number of carbonyl (C=O) groups is 1. The summed E-state index contributed by atoms with van der Waals surface area (Å²) < 4.78 is 8.22. The molecule has 7 heteroatoms. The van der Waals surface area contributed by atoms with E-state index in [4.69, 9.17) is 4.74 Å². The van der Waals surface area contributed by atoms with E-state index in [-0.39, 0.29) is 24.7 Å². The molecule has 0 atom stereocenters. The Morgan fingerprint density at radius 1 is 1.08 bits per heavy atom. The van der Waals surface area contributed by atoms with Gasteiger partial charge < -0.3 is 10.1 Å². The van der Waals surface area contributed by atoms with Gasteiger partial charge in [-0.2, -0.15) is 0 Å². The number of carbonyl (C=O) groups excluding carboxylic acids is 1. The van der Waals surface area contributed by atoms with Gasteiger partial charge >= 0.3 is 5.69 Å². The molecule has 3 aromatic rings. The first-order valence-electron chi connectivity index (χ1n) is 8.29. The van der Waals surface area contributed by atoms with Crippen LogP contribution >= 0.6 is 0 Å². The number of nitrogens with zero attached hydrogens (tertiary/aromatic N) is 3. The molecule has 0 unspecified atom stereocenters. The summed E-state index contributed by atoms with van der Waals surface area (Å²) in [6.45, 7) is 0.509. The van der Waals surface area contributed by atoms with Crippen molar-refractivity contribution < 1.29 is 9.53 Å². The SMILES string of the molecule is Cn1c(-c2ccccc2)nn(CCNC(=O)COc2ccccc2)c1=O. The normalized spacial score (nSPS) is 10.5. The van der Waals surface area contributed by atoms with Gasteiger partial charge in [-0.05, 0) is 12.1 Å². The van der Waals surface area contributed by atoms with Crippen molar-refractivity contribution in [3.8, 4) is 17.1 Å². The Morgan fingerprint density at radius 2 is 1.73 bits per heavy atom. The third kappa shape index (κ3) is 4.18. The molecule has 0 radical (unpaired) electrons. The van der Waals surface area contributed by atoms with Crippen LogP contribution < -0.4 is 15.7 Å². The first-order chi connectivity index (χ1) is 12.6. The van der Waals surface area contributed by atoms with Crippen LogP contribution in [0.3, 0.4) is 0 Å². The summed E-state index contributed by atoms with van der Waals surface area (Å²) in [7, 11) is 1.68. The Hall–Kier alpha value is -3.35. The first kappa shape index (κ1) is 17.5. The standard InChI is InChI=1S/C19H20N4O3/c1-22-18(15-8-4-2-5-9-15)21-23(19(22)25)13-12-20-17(24)14-26-16-10-6-3-7-11-16/h2-11H,12-14H2,1H3,(H,20,24). The van der Waals surface area contributed by atoms with Gasteiger partial charge in [-0.3, -0.25) is 9.36 Å². The van der Waals surface area contributed by atoms with Gasteiger partial charge in [-0.1, -0.05) is 48.5 Å². The van der Waals surface area contributed by atoms with Gasteiger partial charge in [0.25, 0.3) is 5.91 Å². The number of nitrogens with one attached hydrogen (secondary N) is 1. The van der Waals surface area contributed by atoms with Crippen molar-refractivity contribution in [3.05, 3.63) is 71.1 Å². The second-order valence-corrected chi connectivity index (χ2v) is 5.71. The van der Waals surface area contributed by atoms with Gasteiger partial charge in [0.1, 0.15) is 5.75 Å². The smallest absolute Gasteiger partial charge is 0.345 e. The van der Waals surface area contributed by atoms with E-state index >= 15 is 0 Å². The Kier molecular flexibility index (Phi) is 5.48. The fraction of sp³-hybridized carbons (Fsp3) is 0.211. The fourth-order valence-corrected chi connectivity index (χ4v) is 2.49. The topological polar surface area (TPSA) is 78.2 Å². The minimum Gasteiger partial charge on any atom is -0.484 e. The van der Waals surface area contributed by atoms with Crippen LogP contribution in [-0.4, -0.2) is 33.4 Å². The molecule has 0 spiro atoms. The molecule has 3 rings (SSSR count). The molecule has 0 bridgehead atoms. The summed E-state index contributed by atoms with van der Waals surface area (Å²) >= 11 is 0. The lowest BCUT2D eigenvalue weighted by Gasteiger charge is -2.07. The maximum absolute atomic E-state index is 12.3. The Labute approximate surface area is 150 Å². The van der Waals surface area contributed by atoms with Crippen molar-refractivity contribution in [1.29, 1.82) is 0 Å². The van der Waals surface area contributed by atoms with Crippen LogP contribution in [0.1, 0.15) is 0 Å². The van der Waals surface area contributed by atoms with E-state index in [2.05, 4.69) is 10.4 Å². The van der Waals surface area contributed by atoms with Gasteiger partial charge in [0, 0.05) is 19.2 Å². The molecule has 1 N–H and O–H groups in total. The van der Waals surface area contributed by atoms with Crippen LogP contribution in [-0.2, 0) is 18.4 Å².